The van der Waals surface area contributed by atoms with Crippen molar-refractivity contribution in [1.29, 1.82) is 0 Å². The van der Waals surface area contributed by atoms with E-state index in [0.29, 0.717) is 17.9 Å². The molecule has 0 aliphatic heterocycles. The van der Waals surface area contributed by atoms with Crippen LogP contribution in [-0.4, -0.2) is 11.7 Å². The lowest BCUT2D eigenvalue weighted by Gasteiger charge is -2.37. The third-order valence-corrected chi connectivity index (χ3v) is 3.99. The van der Waals surface area contributed by atoms with Gasteiger partial charge in [0, 0.05) is 6.61 Å². The lowest BCUT2D eigenvalue weighted by atomic mass is 9.69. The zero-order chi connectivity index (χ0) is 11.4. The molecular formula is C13H28O. The molecule has 0 aromatic carbocycles. The average molecular weight is 200 g/mol. The molecule has 0 aliphatic carbocycles. The predicted octanol–water partition coefficient (Wildman–Crippen LogP) is 3.86. The fraction of sp³-hybridized carbons (Fsp3) is 1.00. The van der Waals surface area contributed by atoms with Crippen molar-refractivity contribution in [3.05, 3.63) is 0 Å². The molecule has 0 aliphatic rings. The maximum absolute atomic E-state index is 9.45. The van der Waals surface area contributed by atoms with Crippen molar-refractivity contribution in [2.45, 2.75) is 60.8 Å². The molecule has 1 heteroatoms. The molecular weight excluding hydrogens is 172 g/mol. The number of aliphatic hydroxyl groups excluding tert-OH is 1. The van der Waals surface area contributed by atoms with Crippen molar-refractivity contribution >= 4 is 0 Å². The first-order chi connectivity index (χ1) is 6.29. The van der Waals surface area contributed by atoms with Gasteiger partial charge in [0.2, 0.25) is 0 Å². The van der Waals surface area contributed by atoms with Gasteiger partial charge >= 0.3 is 0 Å². The number of aliphatic hydroxyl groups is 1. The topological polar surface area (TPSA) is 20.2 Å². The second kappa shape index (κ2) is 5.16. The Morgan fingerprint density at radius 2 is 1.50 bits per heavy atom. The molecule has 0 heterocycles. The van der Waals surface area contributed by atoms with Crippen molar-refractivity contribution in [1.82, 2.24) is 0 Å². The van der Waals surface area contributed by atoms with E-state index in [9.17, 15) is 5.11 Å². The molecule has 0 rings (SSSR count). The first-order valence-electron chi connectivity index (χ1n) is 5.90. The monoisotopic (exact) mass is 200 g/mol. The Hall–Kier alpha value is -0.0400. The third kappa shape index (κ3) is 4.00. The highest BCUT2D eigenvalue weighted by Crippen LogP contribution is 2.39. The highest BCUT2D eigenvalue weighted by Gasteiger charge is 2.31. The Bertz CT molecular complexity index is 159. The van der Waals surface area contributed by atoms with Gasteiger partial charge in [-0.05, 0) is 23.2 Å². The lowest BCUT2D eigenvalue weighted by Crippen LogP contribution is -2.31. The highest BCUT2D eigenvalue weighted by molar-refractivity contribution is 4.81. The van der Waals surface area contributed by atoms with Gasteiger partial charge in [0.1, 0.15) is 0 Å². The molecule has 0 aromatic heterocycles. The Labute approximate surface area is 89.9 Å². The molecule has 0 spiro atoms. The van der Waals surface area contributed by atoms with E-state index in [4.69, 9.17) is 0 Å². The molecule has 0 aromatic rings. The van der Waals surface area contributed by atoms with Gasteiger partial charge in [-0.1, -0.05) is 54.4 Å². The molecule has 0 fully saturated rings. The summed E-state index contributed by atoms with van der Waals surface area (Å²) in [7, 11) is 0. The molecule has 0 saturated heterocycles. The summed E-state index contributed by atoms with van der Waals surface area (Å²) < 4.78 is 0. The van der Waals surface area contributed by atoms with E-state index in [1.807, 2.05) is 0 Å². The summed E-state index contributed by atoms with van der Waals surface area (Å²) in [6.07, 6.45) is 3.45. The van der Waals surface area contributed by atoms with Gasteiger partial charge in [0.05, 0.1) is 0 Å². The summed E-state index contributed by atoms with van der Waals surface area (Å²) in [5.41, 5.74) is 0.626. The minimum atomic E-state index is 0.265. The van der Waals surface area contributed by atoms with Gasteiger partial charge in [-0.2, -0.15) is 0 Å². The number of hydrogen-bond acceptors (Lipinski definition) is 1. The molecule has 86 valence electrons. The van der Waals surface area contributed by atoms with E-state index < -0.39 is 0 Å². The number of hydrogen-bond donors (Lipinski definition) is 1. The van der Waals surface area contributed by atoms with Crippen LogP contribution in [-0.2, 0) is 0 Å². The molecule has 0 amide bonds. The van der Waals surface area contributed by atoms with E-state index in [2.05, 4.69) is 41.5 Å². The molecule has 0 radical (unpaired) electrons. The Morgan fingerprint density at radius 1 is 1.00 bits per heavy atom. The quantitative estimate of drug-likeness (QED) is 0.690. The minimum Gasteiger partial charge on any atom is -0.396 e. The minimum absolute atomic E-state index is 0.265. The van der Waals surface area contributed by atoms with Crippen molar-refractivity contribution in [3.63, 3.8) is 0 Å². The zero-order valence-corrected chi connectivity index (χ0v) is 10.9. The maximum Gasteiger partial charge on any atom is 0.0464 e. The molecule has 0 saturated carbocycles. The van der Waals surface area contributed by atoms with Gasteiger partial charge in [-0.25, -0.2) is 0 Å². The highest BCUT2D eigenvalue weighted by atomic mass is 16.3. The van der Waals surface area contributed by atoms with E-state index in [0.717, 1.165) is 12.8 Å². The lowest BCUT2D eigenvalue weighted by molar-refractivity contribution is 0.0699. The van der Waals surface area contributed by atoms with Gasteiger partial charge in [-0.15, -0.1) is 0 Å². The van der Waals surface area contributed by atoms with Crippen LogP contribution >= 0.6 is 0 Å². The second-order valence-corrected chi connectivity index (χ2v) is 5.94. The van der Waals surface area contributed by atoms with E-state index in [1.165, 1.54) is 6.42 Å². The maximum atomic E-state index is 9.45. The fourth-order valence-electron chi connectivity index (χ4n) is 1.69. The van der Waals surface area contributed by atoms with Crippen molar-refractivity contribution in [3.8, 4) is 0 Å². The SMILES string of the molecule is CCC(C)(C)CC(CO)C(C)(C)CC. The van der Waals surface area contributed by atoms with Crippen molar-refractivity contribution in [2.75, 3.05) is 6.61 Å². The first-order valence-corrected chi connectivity index (χ1v) is 5.90. The van der Waals surface area contributed by atoms with Crippen LogP contribution in [0.15, 0.2) is 0 Å². The largest absolute Gasteiger partial charge is 0.396 e. The second-order valence-electron chi connectivity index (χ2n) is 5.94. The summed E-state index contributed by atoms with van der Waals surface area (Å²) in [5, 5.41) is 9.45. The van der Waals surface area contributed by atoms with Crippen LogP contribution in [0, 0.1) is 16.7 Å². The molecule has 1 unspecified atom stereocenters. The van der Waals surface area contributed by atoms with Gasteiger partial charge in [0.15, 0.2) is 0 Å². The first kappa shape index (κ1) is 14.0. The molecule has 1 nitrogen and oxygen atoms in total. The molecule has 1 N–H and O–H groups in total. The van der Waals surface area contributed by atoms with Crippen LogP contribution in [0.1, 0.15) is 60.8 Å². The molecule has 0 bridgehead atoms. The number of rotatable bonds is 6. The van der Waals surface area contributed by atoms with E-state index >= 15 is 0 Å². The summed E-state index contributed by atoms with van der Waals surface area (Å²) in [6.45, 7) is 13.9. The van der Waals surface area contributed by atoms with Crippen LogP contribution in [0.25, 0.3) is 0 Å². The molecule has 14 heavy (non-hydrogen) atoms. The third-order valence-electron chi connectivity index (χ3n) is 3.99. The smallest absolute Gasteiger partial charge is 0.0464 e. The zero-order valence-electron chi connectivity index (χ0n) is 10.9. The van der Waals surface area contributed by atoms with Crippen LogP contribution in [0.4, 0.5) is 0 Å². The predicted molar refractivity (Wildman–Crippen MR) is 63.3 cm³/mol. The van der Waals surface area contributed by atoms with Gasteiger partial charge in [0.25, 0.3) is 0 Å². The van der Waals surface area contributed by atoms with Gasteiger partial charge < -0.3 is 5.11 Å². The fourth-order valence-corrected chi connectivity index (χ4v) is 1.69. The summed E-state index contributed by atoms with van der Waals surface area (Å²) >= 11 is 0. The van der Waals surface area contributed by atoms with Crippen molar-refractivity contribution < 1.29 is 5.11 Å². The normalized spacial score (nSPS) is 15.6. The Balaban J connectivity index is 4.44. The van der Waals surface area contributed by atoms with Crippen LogP contribution < -0.4 is 0 Å². The standard InChI is InChI=1S/C13H28O/c1-7-12(3,4)9-11(10-14)13(5,6)8-2/h11,14H,7-10H2,1-6H3. The van der Waals surface area contributed by atoms with E-state index in [1.54, 1.807) is 0 Å². The van der Waals surface area contributed by atoms with Crippen molar-refractivity contribution in [2.24, 2.45) is 16.7 Å². The summed E-state index contributed by atoms with van der Waals surface area (Å²) in [4.78, 5) is 0. The Morgan fingerprint density at radius 3 is 1.79 bits per heavy atom. The van der Waals surface area contributed by atoms with E-state index in [-0.39, 0.29) is 5.41 Å². The average Bonchev–Trinajstić information content (AvgIpc) is 2.14. The van der Waals surface area contributed by atoms with Crippen LogP contribution in [0.5, 0.6) is 0 Å². The summed E-state index contributed by atoms with van der Waals surface area (Å²) in [6, 6.07) is 0. The summed E-state index contributed by atoms with van der Waals surface area (Å²) in [5.74, 6) is 0.433. The Kier molecular flexibility index (Phi) is 5.14. The van der Waals surface area contributed by atoms with Crippen LogP contribution in [0.3, 0.4) is 0 Å². The van der Waals surface area contributed by atoms with Crippen LogP contribution in [0.2, 0.25) is 0 Å². The van der Waals surface area contributed by atoms with Gasteiger partial charge in [-0.3, -0.25) is 0 Å². The molecule has 1 atom stereocenters.